The number of H-pyrrole nitrogens is 1. The molecule has 74 valence electrons. The van der Waals surface area contributed by atoms with E-state index >= 15 is 0 Å². The molecule has 1 aromatic heterocycles. The quantitative estimate of drug-likeness (QED) is 0.708. The molecule has 0 saturated carbocycles. The average molecular weight is 188 g/mol. The van der Waals surface area contributed by atoms with E-state index in [1.807, 2.05) is 7.05 Å². The first kappa shape index (κ1) is 9.28. The molecular formula is C12H16N2. The lowest BCUT2D eigenvalue weighted by Gasteiger charge is -1.96. The van der Waals surface area contributed by atoms with Gasteiger partial charge in [0, 0.05) is 11.2 Å². The summed E-state index contributed by atoms with van der Waals surface area (Å²) in [7, 11) is 1.99. The monoisotopic (exact) mass is 188 g/mol. The van der Waals surface area contributed by atoms with Crippen LogP contribution in [-0.2, 0) is 6.42 Å². The van der Waals surface area contributed by atoms with Crippen LogP contribution < -0.4 is 5.32 Å². The summed E-state index contributed by atoms with van der Waals surface area (Å²) < 4.78 is 0. The lowest BCUT2D eigenvalue weighted by Crippen LogP contribution is -2.08. The second kappa shape index (κ2) is 4.29. The van der Waals surface area contributed by atoms with Crippen LogP contribution in [0.4, 0.5) is 0 Å². The predicted molar refractivity (Wildman–Crippen MR) is 60.5 cm³/mol. The van der Waals surface area contributed by atoms with Crippen molar-refractivity contribution < 1.29 is 0 Å². The fourth-order valence-electron chi connectivity index (χ4n) is 1.72. The number of aromatic nitrogens is 1. The number of nitrogens with one attached hydrogen (secondary N) is 2. The minimum atomic E-state index is 1.08. The molecular weight excluding hydrogens is 172 g/mol. The summed E-state index contributed by atoms with van der Waals surface area (Å²) >= 11 is 0. The first-order chi connectivity index (χ1) is 6.90. The minimum Gasteiger partial charge on any atom is -0.358 e. The molecule has 0 aliphatic heterocycles. The van der Waals surface area contributed by atoms with Gasteiger partial charge in [-0.05, 0) is 44.0 Å². The summed E-state index contributed by atoms with van der Waals surface area (Å²) in [5.74, 6) is 0. The lowest BCUT2D eigenvalue weighted by molar-refractivity contribution is 0.718. The van der Waals surface area contributed by atoms with Gasteiger partial charge in [0.05, 0.1) is 0 Å². The molecule has 0 spiro atoms. The van der Waals surface area contributed by atoms with Crippen LogP contribution in [0.5, 0.6) is 0 Å². The van der Waals surface area contributed by atoms with E-state index in [0.29, 0.717) is 0 Å². The molecule has 1 aromatic carbocycles. The van der Waals surface area contributed by atoms with Crippen LogP contribution >= 0.6 is 0 Å². The normalized spacial score (nSPS) is 10.9. The Morgan fingerprint density at radius 1 is 1.29 bits per heavy atom. The number of rotatable bonds is 4. The van der Waals surface area contributed by atoms with Crippen molar-refractivity contribution >= 4 is 10.9 Å². The summed E-state index contributed by atoms with van der Waals surface area (Å²) in [4.78, 5) is 3.43. The molecule has 2 nitrogen and oxygen atoms in total. The van der Waals surface area contributed by atoms with Crippen LogP contribution in [0.15, 0.2) is 30.3 Å². The molecule has 0 atom stereocenters. The Morgan fingerprint density at radius 3 is 2.93 bits per heavy atom. The average Bonchev–Trinajstić information content (AvgIpc) is 2.60. The molecule has 0 aliphatic carbocycles. The number of para-hydroxylation sites is 1. The maximum Gasteiger partial charge on any atom is 0.0456 e. The molecule has 1 heterocycles. The first-order valence-electron chi connectivity index (χ1n) is 5.11. The second-order valence-electron chi connectivity index (χ2n) is 3.59. The van der Waals surface area contributed by atoms with Crippen molar-refractivity contribution in [2.75, 3.05) is 13.6 Å². The molecule has 2 N–H and O–H groups in total. The molecule has 2 heteroatoms. The standard InChI is InChI=1S/C12H16N2/c1-13-8-4-6-11-9-10-5-2-3-7-12(10)14-11/h2-3,5,7,9,13-14H,4,6,8H2,1H3. The van der Waals surface area contributed by atoms with Gasteiger partial charge in [0.2, 0.25) is 0 Å². The Balaban J connectivity index is 2.11. The SMILES string of the molecule is CNCCCc1cc2ccccc2[nH]1. The van der Waals surface area contributed by atoms with Crippen LogP contribution in [0.2, 0.25) is 0 Å². The van der Waals surface area contributed by atoms with Crippen LogP contribution in [0.1, 0.15) is 12.1 Å². The van der Waals surface area contributed by atoms with Gasteiger partial charge in [-0.3, -0.25) is 0 Å². The topological polar surface area (TPSA) is 27.8 Å². The van der Waals surface area contributed by atoms with Gasteiger partial charge in [-0.25, -0.2) is 0 Å². The molecule has 14 heavy (non-hydrogen) atoms. The van der Waals surface area contributed by atoms with E-state index in [4.69, 9.17) is 0 Å². The molecule has 0 radical (unpaired) electrons. The molecule has 0 amide bonds. The van der Waals surface area contributed by atoms with Gasteiger partial charge in [0.25, 0.3) is 0 Å². The van der Waals surface area contributed by atoms with E-state index in [2.05, 4.69) is 40.6 Å². The Kier molecular flexibility index (Phi) is 2.84. The van der Waals surface area contributed by atoms with Crippen molar-refractivity contribution in [2.24, 2.45) is 0 Å². The van der Waals surface area contributed by atoms with Crippen LogP contribution in [0, 0.1) is 0 Å². The van der Waals surface area contributed by atoms with Crippen molar-refractivity contribution in [3.05, 3.63) is 36.0 Å². The van der Waals surface area contributed by atoms with E-state index in [1.165, 1.54) is 23.0 Å². The maximum atomic E-state index is 3.43. The Morgan fingerprint density at radius 2 is 2.14 bits per heavy atom. The van der Waals surface area contributed by atoms with Crippen molar-refractivity contribution in [3.63, 3.8) is 0 Å². The van der Waals surface area contributed by atoms with Gasteiger partial charge < -0.3 is 10.3 Å². The van der Waals surface area contributed by atoms with E-state index in [-0.39, 0.29) is 0 Å². The van der Waals surface area contributed by atoms with Crippen molar-refractivity contribution in [3.8, 4) is 0 Å². The molecule has 0 fully saturated rings. The number of benzene rings is 1. The first-order valence-corrected chi connectivity index (χ1v) is 5.11. The van der Waals surface area contributed by atoms with Gasteiger partial charge in [0.1, 0.15) is 0 Å². The minimum absolute atomic E-state index is 1.08. The highest BCUT2D eigenvalue weighted by Crippen LogP contribution is 2.15. The lowest BCUT2D eigenvalue weighted by atomic mass is 10.2. The Bertz CT molecular complexity index is 370. The summed E-state index contributed by atoms with van der Waals surface area (Å²) in [6.07, 6.45) is 2.30. The molecule has 0 unspecified atom stereocenters. The van der Waals surface area contributed by atoms with E-state index < -0.39 is 0 Å². The Hall–Kier alpha value is -1.28. The largest absolute Gasteiger partial charge is 0.358 e. The molecule has 0 bridgehead atoms. The van der Waals surface area contributed by atoms with Gasteiger partial charge in [-0.15, -0.1) is 0 Å². The third-order valence-corrected chi connectivity index (χ3v) is 2.46. The van der Waals surface area contributed by atoms with E-state index in [1.54, 1.807) is 0 Å². The van der Waals surface area contributed by atoms with E-state index in [0.717, 1.165) is 13.0 Å². The van der Waals surface area contributed by atoms with Crippen molar-refractivity contribution in [1.29, 1.82) is 0 Å². The highest BCUT2D eigenvalue weighted by atomic mass is 14.8. The number of hydrogen-bond acceptors (Lipinski definition) is 1. The smallest absolute Gasteiger partial charge is 0.0456 e. The van der Waals surface area contributed by atoms with Gasteiger partial charge in [0.15, 0.2) is 0 Å². The fourth-order valence-corrected chi connectivity index (χ4v) is 1.72. The van der Waals surface area contributed by atoms with E-state index in [9.17, 15) is 0 Å². The van der Waals surface area contributed by atoms with Crippen molar-refractivity contribution in [1.82, 2.24) is 10.3 Å². The number of hydrogen-bond donors (Lipinski definition) is 2. The predicted octanol–water partition coefficient (Wildman–Crippen LogP) is 2.32. The zero-order valence-electron chi connectivity index (χ0n) is 8.51. The van der Waals surface area contributed by atoms with Gasteiger partial charge in [-0.2, -0.15) is 0 Å². The third kappa shape index (κ3) is 1.96. The highest BCUT2D eigenvalue weighted by Gasteiger charge is 1.98. The van der Waals surface area contributed by atoms with Crippen LogP contribution in [0.25, 0.3) is 10.9 Å². The molecule has 0 saturated heterocycles. The summed E-state index contributed by atoms with van der Waals surface area (Å²) in [5.41, 5.74) is 2.58. The number of aryl methyl sites for hydroxylation is 1. The summed E-state index contributed by atoms with van der Waals surface area (Å²) in [6.45, 7) is 1.08. The van der Waals surface area contributed by atoms with Gasteiger partial charge >= 0.3 is 0 Å². The Labute approximate surface area is 84.3 Å². The number of fused-ring (bicyclic) bond motifs is 1. The zero-order chi connectivity index (χ0) is 9.80. The van der Waals surface area contributed by atoms with Crippen LogP contribution in [0.3, 0.4) is 0 Å². The zero-order valence-corrected chi connectivity index (χ0v) is 8.51. The molecule has 0 aliphatic rings. The molecule has 2 aromatic rings. The van der Waals surface area contributed by atoms with Crippen LogP contribution in [-0.4, -0.2) is 18.6 Å². The van der Waals surface area contributed by atoms with Gasteiger partial charge in [-0.1, -0.05) is 18.2 Å². The third-order valence-electron chi connectivity index (χ3n) is 2.46. The highest BCUT2D eigenvalue weighted by molar-refractivity contribution is 5.80. The maximum absolute atomic E-state index is 3.43. The number of aromatic amines is 1. The summed E-state index contributed by atoms with van der Waals surface area (Å²) in [5, 5.41) is 4.47. The molecule has 2 rings (SSSR count). The second-order valence-corrected chi connectivity index (χ2v) is 3.59. The van der Waals surface area contributed by atoms with Crippen molar-refractivity contribution in [2.45, 2.75) is 12.8 Å². The fraction of sp³-hybridized carbons (Fsp3) is 0.333. The summed E-state index contributed by atoms with van der Waals surface area (Å²) in [6, 6.07) is 10.7.